The van der Waals surface area contributed by atoms with Crippen molar-refractivity contribution in [1.29, 1.82) is 0 Å². The van der Waals surface area contributed by atoms with Crippen LogP contribution in [0.1, 0.15) is 12.8 Å². The number of urea groups is 1. The van der Waals surface area contributed by atoms with Crippen LogP contribution in [0.4, 0.5) is 4.79 Å². The molecule has 8 nitrogen and oxygen atoms in total. The molecule has 2 heterocycles. The van der Waals surface area contributed by atoms with Gasteiger partial charge in [0.25, 0.3) is 0 Å². The largest absolute Gasteiger partial charge is 0.494 e. The fourth-order valence-corrected chi connectivity index (χ4v) is 4.58. The van der Waals surface area contributed by atoms with Crippen LogP contribution in [0.25, 0.3) is 0 Å². The molecule has 9 heteroatoms. The Balaban J connectivity index is 1.48. The molecule has 0 bridgehead atoms. The number of imide groups is 1. The van der Waals surface area contributed by atoms with Gasteiger partial charge in [-0.25, -0.2) is 13.2 Å². The third-order valence-electron chi connectivity index (χ3n) is 4.32. The third-order valence-corrected chi connectivity index (χ3v) is 6.24. The molecular weight excluding hydrogens is 346 g/mol. The zero-order valence-electron chi connectivity index (χ0n) is 13.8. The number of benzene rings is 1. The Labute approximate surface area is 146 Å². The number of sulfonamides is 1. The lowest BCUT2D eigenvalue weighted by atomic mass is 10.2. The Morgan fingerprint density at radius 1 is 1.20 bits per heavy atom. The van der Waals surface area contributed by atoms with Crippen LogP contribution in [0, 0.1) is 0 Å². The van der Waals surface area contributed by atoms with Gasteiger partial charge in [-0.05, 0) is 25.0 Å². The molecule has 1 aromatic rings. The summed E-state index contributed by atoms with van der Waals surface area (Å²) in [6.45, 7) is 0.789. The maximum Gasteiger partial charge on any atom is 0.324 e. The zero-order valence-corrected chi connectivity index (χ0v) is 14.6. The van der Waals surface area contributed by atoms with Gasteiger partial charge in [0.05, 0.1) is 24.9 Å². The van der Waals surface area contributed by atoms with Gasteiger partial charge in [0.1, 0.15) is 5.75 Å². The van der Waals surface area contributed by atoms with Crippen LogP contribution in [0.2, 0.25) is 0 Å². The summed E-state index contributed by atoms with van der Waals surface area (Å²) < 4.78 is 31.7. The van der Waals surface area contributed by atoms with Gasteiger partial charge in [-0.1, -0.05) is 18.2 Å². The third kappa shape index (κ3) is 4.10. The van der Waals surface area contributed by atoms with E-state index in [1.807, 2.05) is 30.3 Å². The number of carbonyl (C=O) groups is 2. The Morgan fingerprint density at radius 2 is 1.96 bits per heavy atom. The minimum atomic E-state index is -3.43. The maximum absolute atomic E-state index is 12.4. The van der Waals surface area contributed by atoms with Crippen LogP contribution in [0.3, 0.4) is 0 Å². The SMILES string of the molecule is O=C1CNC(=O)N1C1CCN(S(=O)(=O)CCCOc2ccccc2)C1. The van der Waals surface area contributed by atoms with Crippen molar-refractivity contribution in [2.24, 2.45) is 0 Å². The summed E-state index contributed by atoms with van der Waals surface area (Å²) in [5.41, 5.74) is 0. The summed E-state index contributed by atoms with van der Waals surface area (Å²) in [6.07, 6.45) is 0.848. The molecule has 0 aromatic heterocycles. The molecule has 1 atom stereocenters. The molecule has 3 rings (SSSR count). The van der Waals surface area contributed by atoms with Crippen LogP contribution >= 0.6 is 0 Å². The van der Waals surface area contributed by atoms with Gasteiger partial charge in [-0.15, -0.1) is 0 Å². The quantitative estimate of drug-likeness (QED) is 0.556. The maximum atomic E-state index is 12.4. The second-order valence-corrected chi connectivity index (χ2v) is 8.14. The molecule has 25 heavy (non-hydrogen) atoms. The molecule has 1 unspecified atom stereocenters. The molecule has 1 aromatic carbocycles. The monoisotopic (exact) mass is 367 g/mol. The molecule has 0 radical (unpaired) electrons. The summed E-state index contributed by atoms with van der Waals surface area (Å²) >= 11 is 0. The summed E-state index contributed by atoms with van der Waals surface area (Å²) in [5, 5.41) is 2.46. The lowest BCUT2D eigenvalue weighted by Crippen LogP contribution is -2.43. The highest BCUT2D eigenvalue weighted by atomic mass is 32.2. The van der Waals surface area contributed by atoms with E-state index in [9.17, 15) is 18.0 Å². The van der Waals surface area contributed by atoms with E-state index in [4.69, 9.17) is 4.74 Å². The number of rotatable bonds is 7. The minimum Gasteiger partial charge on any atom is -0.494 e. The number of para-hydroxylation sites is 1. The molecule has 0 saturated carbocycles. The highest BCUT2D eigenvalue weighted by Crippen LogP contribution is 2.21. The first-order valence-corrected chi connectivity index (χ1v) is 9.84. The van der Waals surface area contributed by atoms with Gasteiger partial charge in [0.15, 0.2) is 0 Å². The molecular formula is C16H21N3O5S. The second kappa shape index (κ2) is 7.40. The van der Waals surface area contributed by atoms with Gasteiger partial charge in [-0.3, -0.25) is 9.69 Å². The normalized spacial score (nSPS) is 21.6. The first-order chi connectivity index (χ1) is 12.0. The number of amides is 3. The first-order valence-electron chi connectivity index (χ1n) is 8.23. The van der Waals surface area contributed by atoms with Crippen molar-refractivity contribution in [3.05, 3.63) is 30.3 Å². The van der Waals surface area contributed by atoms with Gasteiger partial charge < -0.3 is 10.1 Å². The van der Waals surface area contributed by atoms with Crippen molar-refractivity contribution in [1.82, 2.24) is 14.5 Å². The van der Waals surface area contributed by atoms with Gasteiger partial charge >= 0.3 is 6.03 Å². The Bertz CT molecular complexity index is 721. The van der Waals surface area contributed by atoms with Gasteiger partial charge in [0, 0.05) is 13.1 Å². The Kier molecular flexibility index (Phi) is 5.24. The van der Waals surface area contributed by atoms with E-state index >= 15 is 0 Å². The molecule has 1 N–H and O–H groups in total. The molecule has 136 valence electrons. The topological polar surface area (TPSA) is 96.0 Å². The molecule has 2 aliphatic heterocycles. The lowest BCUT2D eigenvalue weighted by Gasteiger charge is -2.21. The van der Waals surface area contributed by atoms with E-state index in [2.05, 4.69) is 5.32 Å². The van der Waals surface area contributed by atoms with Crippen molar-refractivity contribution in [3.63, 3.8) is 0 Å². The predicted octanol–water partition coefficient (Wildman–Crippen LogP) is 0.411. The number of nitrogens with zero attached hydrogens (tertiary/aromatic N) is 2. The standard InChI is InChI=1S/C16H21N3O5S/c20-15-11-17-16(21)19(15)13-7-8-18(12-13)25(22,23)10-4-9-24-14-5-2-1-3-6-14/h1-3,5-6,13H,4,7-12H2,(H,17,21). The Morgan fingerprint density at radius 3 is 2.64 bits per heavy atom. The summed E-state index contributed by atoms with van der Waals surface area (Å²) in [5.74, 6) is 0.386. The van der Waals surface area contributed by atoms with Crippen molar-refractivity contribution in [3.8, 4) is 5.75 Å². The van der Waals surface area contributed by atoms with Crippen LogP contribution in [-0.2, 0) is 14.8 Å². The molecule has 2 aliphatic rings. The van der Waals surface area contributed by atoms with Crippen molar-refractivity contribution in [2.45, 2.75) is 18.9 Å². The van der Waals surface area contributed by atoms with E-state index < -0.39 is 16.1 Å². The summed E-state index contributed by atoms with van der Waals surface area (Å²) in [7, 11) is -3.43. The molecule has 0 spiro atoms. The van der Waals surface area contributed by atoms with Crippen molar-refractivity contribution in [2.75, 3.05) is 32.0 Å². The number of nitrogens with one attached hydrogen (secondary N) is 1. The molecule has 2 fully saturated rings. The van der Waals surface area contributed by atoms with E-state index in [0.29, 0.717) is 31.7 Å². The van der Waals surface area contributed by atoms with E-state index in [0.717, 1.165) is 4.90 Å². The zero-order chi connectivity index (χ0) is 17.9. The minimum absolute atomic E-state index is 0.0150. The molecule has 0 aliphatic carbocycles. The van der Waals surface area contributed by atoms with Crippen LogP contribution in [0.5, 0.6) is 5.75 Å². The number of hydrogen-bond acceptors (Lipinski definition) is 5. The average Bonchev–Trinajstić information content (AvgIpc) is 3.20. The van der Waals surface area contributed by atoms with Crippen LogP contribution < -0.4 is 10.1 Å². The number of carbonyl (C=O) groups excluding carboxylic acids is 2. The molecule has 2 saturated heterocycles. The fourth-order valence-electron chi connectivity index (χ4n) is 3.06. The molecule has 3 amide bonds. The van der Waals surface area contributed by atoms with Crippen molar-refractivity contribution >= 4 is 22.0 Å². The number of hydrogen-bond donors (Lipinski definition) is 1. The van der Waals surface area contributed by atoms with E-state index in [1.54, 1.807) is 0 Å². The van der Waals surface area contributed by atoms with Crippen LogP contribution in [0.15, 0.2) is 30.3 Å². The average molecular weight is 367 g/mol. The summed E-state index contributed by atoms with van der Waals surface area (Å²) in [6, 6.07) is 8.40. The summed E-state index contributed by atoms with van der Waals surface area (Å²) in [4.78, 5) is 24.6. The van der Waals surface area contributed by atoms with E-state index in [-0.39, 0.29) is 30.8 Å². The highest BCUT2D eigenvalue weighted by molar-refractivity contribution is 7.89. The highest BCUT2D eigenvalue weighted by Gasteiger charge is 2.41. The first kappa shape index (κ1) is 17.7. The lowest BCUT2D eigenvalue weighted by molar-refractivity contribution is -0.126. The van der Waals surface area contributed by atoms with E-state index in [1.165, 1.54) is 4.31 Å². The van der Waals surface area contributed by atoms with Crippen LogP contribution in [-0.4, -0.2) is 67.6 Å². The Hall–Kier alpha value is -2.13. The van der Waals surface area contributed by atoms with Gasteiger partial charge in [-0.2, -0.15) is 4.31 Å². The second-order valence-electron chi connectivity index (χ2n) is 6.05. The van der Waals surface area contributed by atoms with Gasteiger partial charge in [0.2, 0.25) is 15.9 Å². The smallest absolute Gasteiger partial charge is 0.324 e. The predicted molar refractivity (Wildman–Crippen MR) is 90.6 cm³/mol. The number of ether oxygens (including phenoxy) is 1. The fraction of sp³-hybridized carbons (Fsp3) is 0.500. The van der Waals surface area contributed by atoms with Crippen molar-refractivity contribution < 1.29 is 22.7 Å².